The Balaban J connectivity index is 0.00000169. The zero-order chi connectivity index (χ0) is 9.84. The fourth-order valence-electron chi connectivity index (χ4n) is 1.06. The summed E-state index contributed by atoms with van der Waals surface area (Å²) in [5.74, 6) is -0.420. The lowest BCUT2D eigenvalue weighted by molar-refractivity contribution is 0.625. The molecule has 0 fully saturated rings. The zero-order valence-corrected chi connectivity index (χ0v) is 9.11. The van der Waals surface area contributed by atoms with Gasteiger partial charge in [-0.25, -0.2) is 4.39 Å². The predicted octanol–water partition coefficient (Wildman–Crippen LogP) is 3.48. The fraction of sp³-hybridized carbons (Fsp3) is 0.200. The maximum atomic E-state index is 12.8. The van der Waals surface area contributed by atoms with Crippen LogP contribution in [0.25, 0.3) is 0 Å². The molecule has 0 aliphatic heterocycles. The van der Waals surface area contributed by atoms with Crippen LogP contribution >= 0.6 is 24.0 Å². The molecular weight excluding hydrogens is 224 g/mol. The molecular formula is C10H12Cl2FN. The van der Waals surface area contributed by atoms with Gasteiger partial charge < -0.3 is 5.73 Å². The summed E-state index contributed by atoms with van der Waals surface area (Å²) in [6.07, 6.45) is 2.38. The molecule has 1 rings (SSSR count). The average Bonchev–Trinajstić information content (AvgIpc) is 2.10. The molecule has 4 heteroatoms. The van der Waals surface area contributed by atoms with Gasteiger partial charge in [-0.3, -0.25) is 0 Å². The van der Waals surface area contributed by atoms with E-state index in [2.05, 4.69) is 6.58 Å². The Kier molecular flexibility index (Phi) is 5.77. The van der Waals surface area contributed by atoms with Gasteiger partial charge in [0.1, 0.15) is 5.82 Å². The van der Waals surface area contributed by atoms with Crippen LogP contribution in [0.2, 0.25) is 5.02 Å². The van der Waals surface area contributed by atoms with Gasteiger partial charge in [0.05, 0.1) is 5.02 Å². The highest BCUT2D eigenvalue weighted by Crippen LogP contribution is 2.21. The van der Waals surface area contributed by atoms with Gasteiger partial charge in [-0.05, 0) is 24.1 Å². The molecule has 0 radical (unpaired) electrons. The summed E-state index contributed by atoms with van der Waals surface area (Å²) in [6.45, 7) is 3.58. The van der Waals surface area contributed by atoms with Crippen molar-refractivity contribution in [3.8, 4) is 0 Å². The van der Waals surface area contributed by atoms with Crippen molar-refractivity contribution in [1.29, 1.82) is 0 Å². The van der Waals surface area contributed by atoms with Gasteiger partial charge in [0.2, 0.25) is 0 Å². The SMILES string of the molecule is C=CC[C@H](N)c1ccc(F)c(Cl)c1.Cl. The maximum absolute atomic E-state index is 12.8. The minimum Gasteiger partial charge on any atom is -0.324 e. The highest BCUT2D eigenvalue weighted by Gasteiger charge is 2.06. The molecule has 0 bridgehead atoms. The van der Waals surface area contributed by atoms with Crippen molar-refractivity contribution in [3.63, 3.8) is 0 Å². The van der Waals surface area contributed by atoms with E-state index in [4.69, 9.17) is 17.3 Å². The predicted molar refractivity (Wildman–Crippen MR) is 60.4 cm³/mol. The van der Waals surface area contributed by atoms with Crippen LogP contribution in [0.4, 0.5) is 4.39 Å². The molecule has 1 atom stereocenters. The van der Waals surface area contributed by atoms with E-state index in [9.17, 15) is 4.39 Å². The fourth-order valence-corrected chi connectivity index (χ4v) is 1.25. The first-order valence-electron chi connectivity index (χ1n) is 3.96. The van der Waals surface area contributed by atoms with Crippen molar-refractivity contribution in [1.82, 2.24) is 0 Å². The van der Waals surface area contributed by atoms with Gasteiger partial charge in [-0.15, -0.1) is 19.0 Å². The molecule has 1 aromatic rings. The van der Waals surface area contributed by atoms with Crippen LogP contribution in [0.1, 0.15) is 18.0 Å². The van der Waals surface area contributed by atoms with E-state index in [1.165, 1.54) is 6.07 Å². The standard InChI is InChI=1S/C10H11ClFN.ClH/c1-2-3-10(13)7-4-5-9(12)8(11)6-7;/h2,4-6,10H,1,3,13H2;1H/t10-;/m0./s1. The maximum Gasteiger partial charge on any atom is 0.141 e. The molecule has 0 aromatic heterocycles. The van der Waals surface area contributed by atoms with Crippen molar-refractivity contribution < 1.29 is 4.39 Å². The lowest BCUT2D eigenvalue weighted by Gasteiger charge is -2.09. The van der Waals surface area contributed by atoms with Crippen molar-refractivity contribution in [3.05, 3.63) is 47.3 Å². The molecule has 2 N–H and O–H groups in total. The van der Waals surface area contributed by atoms with Gasteiger partial charge in [0.15, 0.2) is 0 Å². The van der Waals surface area contributed by atoms with Gasteiger partial charge in [0.25, 0.3) is 0 Å². The quantitative estimate of drug-likeness (QED) is 0.799. The van der Waals surface area contributed by atoms with E-state index in [0.717, 1.165) is 5.56 Å². The minimum atomic E-state index is -0.420. The first-order chi connectivity index (χ1) is 6.15. The lowest BCUT2D eigenvalue weighted by atomic mass is 10.1. The Labute approximate surface area is 94.2 Å². The van der Waals surface area contributed by atoms with Crippen LogP contribution in [-0.2, 0) is 0 Å². The Morgan fingerprint density at radius 2 is 2.21 bits per heavy atom. The highest BCUT2D eigenvalue weighted by atomic mass is 35.5. The number of rotatable bonds is 3. The van der Waals surface area contributed by atoms with Gasteiger partial charge in [0, 0.05) is 6.04 Å². The molecule has 0 spiro atoms. The summed E-state index contributed by atoms with van der Waals surface area (Å²) in [5, 5.41) is 0.108. The van der Waals surface area contributed by atoms with Crippen molar-refractivity contribution in [2.45, 2.75) is 12.5 Å². The van der Waals surface area contributed by atoms with Gasteiger partial charge in [-0.2, -0.15) is 0 Å². The molecule has 0 heterocycles. The van der Waals surface area contributed by atoms with Crippen molar-refractivity contribution >= 4 is 24.0 Å². The summed E-state index contributed by atoms with van der Waals surface area (Å²) in [7, 11) is 0. The normalized spacial score (nSPS) is 11.6. The number of nitrogens with two attached hydrogens (primary N) is 1. The first kappa shape index (κ1) is 13.4. The summed E-state index contributed by atoms with van der Waals surface area (Å²) in [6, 6.07) is 4.34. The summed E-state index contributed by atoms with van der Waals surface area (Å²) in [5.41, 5.74) is 6.60. The number of benzene rings is 1. The minimum absolute atomic E-state index is 0. The number of hydrogen-bond donors (Lipinski definition) is 1. The smallest absolute Gasteiger partial charge is 0.141 e. The van der Waals surface area contributed by atoms with Crippen molar-refractivity contribution in [2.75, 3.05) is 0 Å². The molecule has 0 aliphatic rings. The number of hydrogen-bond acceptors (Lipinski definition) is 1. The monoisotopic (exact) mass is 235 g/mol. The van der Waals surface area contributed by atoms with E-state index in [-0.39, 0.29) is 23.5 Å². The second-order valence-corrected chi connectivity index (χ2v) is 3.21. The average molecular weight is 236 g/mol. The van der Waals surface area contributed by atoms with Crippen LogP contribution in [0.15, 0.2) is 30.9 Å². The highest BCUT2D eigenvalue weighted by molar-refractivity contribution is 6.30. The molecule has 0 amide bonds. The largest absolute Gasteiger partial charge is 0.324 e. The van der Waals surface area contributed by atoms with Gasteiger partial charge in [-0.1, -0.05) is 23.7 Å². The molecule has 1 nitrogen and oxygen atoms in total. The van der Waals surface area contributed by atoms with E-state index in [0.29, 0.717) is 6.42 Å². The molecule has 0 unspecified atom stereocenters. The lowest BCUT2D eigenvalue weighted by Crippen LogP contribution is -2.08. The molecule has 1 aromatic carbocycles. The van der Waals surface area contributed by atoms with Crippen LogP contribution in [0.3, 0.4) is 0 Å². The van der Waals surface area contributed by atoms with E-state index in [1.54, 1.807) is 18.2 Å². The summed E-state index contributed by atoms with van der Waals surface area (Å²) < 4.78 is 12.8. The third kappa shape index (κ3) is 3.29. The van der Waals surface area contributed by atoms with Crippen molar-refractivity contribution in [2.24, 2.45) is 5.73 Å². The molecule has 78 valence electrons. The van der Waals surface area contributed by atoms with E-state index < -0.39 is 5.82 Å². The molecule has 14 heavy (non-hydrogen) atoms. The second-order valence-electron chi connectivity index (χ2n) is 2.80. The van der Waals surface area contributed by atoms with Crippen LogP contribution in [0, 0.1) is 5.82 Å². The summed E-state index contributed by atoms with van der Waals surface area (Å²) in [4.78, 5) is 0. The second kappa shape index (κ2) is 6.02. The third-order valence-electron chi connectivity index (χ3n) is 1.79. The van der Waals surface area contributed by atoms with Crippen LogP contribution < -0.4 is 5.73 Å². The molecule has 0 aliphatic carbocycles. The molecule has 0 saturated carbocycles. The first-order valence-corrected chi connectivity index (χ1v) is 4.34. The Morgan fingerprint density at radius 1 is 1.57 bits per heavy atom. The molecule has 0 saturated heterocycles. The van der Waals surface area contributed by atoms with Crippen LogP contribution in [-0.4, -0.2) is 0 Å². The Hall–Kier alpha value is -0.570. The number of halogens is 3. The van der Waals surface area contributed by atoms with E-state index >= 15 is 0 Å². The Morgan fingerprint density at radius 3 is 2.71 bits per heavy atom. The topological polar surface area (TPSA) is 26.0 Å². The summed E-state index contributed by atoms with van der Waals surface area (Å²) >= 11 is 5.60. The third-order valence-corrected chi connectivity index (χ3v) is 2.08. The van der Waals surface area contributed by atoms with Crippen LogP contribution in [0.5, 0.6) is 0 Å². The Bertz CT molecular complexity index is 315. The van der Waals surface area contributed by atoms with E-state index in [1.807, 2.05) is 0 Å². The zero-order valence-electron chi connectivity index (χ0n) is 7.54. The van der Waals surface area contributed by atoms with Gasteiger partial charge >= 0.3 is 0 Å².